The van der Waals surface area contributed by atoms with Crippen LogP contribution in [0.1, 0.15) is 17.7 Å². The van der Waals surface area contributed by atoms with Gasteiger partial charge in [0.15, 0.2) is 0 Å². The van der Waals surface area contributed by atoms with E-state index < -0.39 is 0 Å². The highest BCUT2D eigenvalue weighted by Crippen LogP contribution is 2.37. The van der Waals surface area contributed by atoms with Gasteiger partial charge in [-0.2, -0.15) is 0 Å². The summed E-state index contributed by atoms with van der Waals surface area (Å²) in [5, 5.41) is 2.74. The van der Waals surface area contributed by atoms with Gasteiger partial charge in [0.1, 0.15) is 5.01 Å². The van der Waals surface area contributed by atoms with Gasteiger partial charge in [-0.15, -0.1) is 11.3 Å². The van der Waals surface area contributed by atoms with E-state index in [9.17, 15) is 4.79 Å². The van der Waals surface area contributed by atoms with Crippen molar-refractivity contribution in [3.8, 4) is 33.0 Å². The predicted molar refractivity (Wildman–Crippen MR) is 111 cm³/mol. The molecule has 4 aromatic rings. The fourth-order valence-electron chi connectivity index (χ4n) is 3.83. The second-order valence-electron chi connectivity index (χ2n) is 6.95. The number of hydrogen-bond acceptors (Lipinski definition) is 5. The zero-order valence-corrected chi connectivity index (χ0v) is 16.2. The molecule has 0 saturated heterocycles. The minimum atomic E-state index is 0.00805. The largest absolute Gasteiger partial charge is 0.307 e. The summed E-state index contributed by atoms with van der Waals surface area (Å²) in [6.45, 7) is 2.62. The van der Waals surface area contributed by atoms with Crippen molar-refractivity contribution in [3.05, 3.63) is 76.0 Å². The van der Waals surface area contributed by atoms with Crippen molar-refractivity contribution in [1.29, 1.82) is 0 Å². The van der Waals surface area contributed by atoms with Gasteiger partial charge >= 0.3 is 0 Å². The van der Waals surface area contributed by atoms with Crippen LogP contribution >= 0.6 is 11.3 Å². The van der Waals surface area contributed by atoms with Crippen LogP contribution in [0.25, 0.3) is 33.0 Å². The summed E-state index contributed by atoms with van der Waals surface area (Å²) in [5.74, 6) is 0. The predicted octanol–water partition coefficient (Wildman–Crippen LogP) is 4.35. The summed E-state index contributed by atoms with van der Waals surface area (Å²) < 4.78 is 1.90. The van der Waals surface area contributed by atoms with E-state index in [1.807, 2.05) is 53.7 Å². The van der Waals surface area contributed by atoms with Crippen LogP contribution in [0.3, 0.4) is 0 Å². The summed E-state index contributed by atoms with van der Waals surface area (Å²) in [4.78, 5) is 26.7. The summed E-state index contributed by atoms with van der Waals surface area (Å²) in [6.07, 6.45) is 9.15. The number of thiazole rings is 1. The van der Waals surface area contributed by atoms with Crippen molar-refractivity contribution in [2.24, 2.45) is 0 Å². The zero-order chi connectivity index (χ0) is 19.1. The van der Waals surface area contributed by atoms with Crippen molar-refractivity contribution < 1.29 is 0 Å². The van der Waals surface area contributed by atoms with Gasteiger partial charge in [-0.25, -0.2) is 4.98 Å². The van der Waals surface area contributed by atoms with Crippen LogP contribution in [0.2, 0.25) is 0 Å². The number of aryl methyl sites for hydroxylation is 2. The first-order chi connectivity index (χ1) is 13.7. The second kappa shape index (κ2) is 6.80. The Morgan fingerprint density at radius 3 is 2.75 bits per heavy atom. The lowest BCUT2D eigenvalue weighted by Gasteiger charge is -2.18. The molecule has 0 atom stereocenters. The van der Waals surface area contributed by atoms with Crippen LogP contribution in [-0.2, 0) is 13.0 Å². The number of rotatable bonds is 2. The van der Waals surface area contributed by atoms with E-state index in [0.29, 0.717) is 12.1 Å². The Hall–Kier alpha value is -3.12. The molecule has 0 N–H and O–H groups in total. The first-order valence-corrected chi connectivity index (χ1v) is 10.1. The van der Waals surface area contributed by atoms with Crippen LogP contribution < -0.4 is 5.56 Å². The van der Waals surface area contributed by atoms with Crippen LogP contribution in [-0.4, -0.2) is 19.5 Å². The van der Waals surface area contributed by atoms with Crippen molar-refractivity contribution in [3.63, 3.8) is 0 Å². The molecule has 0 saturated carbocycles. The Kier molecular flexibility index (Phi) is 4.13. The van der Waals surface area contributed by atoms with Crippen LogP contribution in [0.5, 0.6) is 0 Å². The van der Waals surface area contributed by atoms with Crippen molar-refractivity contribution in [2.45, 2.75) is 26.3 Å². The molecule has 0 aromatic carbocycles. The molecule has 5 nitrogen and oxygen atoms in total. The van der Waals surface area contributed by atoms with E-state index in [0.717, 1.165) is 45.9 Å². The normalized spacial score (nSPS) is 12.9. The quantitative estimate of drug-likeness (QED) is 0.514. The molecule has 5 rings (SSSR count). The molecule has 0 bridgehead atoms. The van der Waals surface area contributed by atoms with Gasteiger partial charge in [0.25, 0.3) is 5.56 Å². The monoisotopic (exact) mass is 386 g/mol. The summed E-state index contributed by atoms with van der Waals surface area (Å²) in [6, 6.07) is 7.99. The Morgan fingerprint density at radius 2 is 1.96 bits per heavy atom. The maximum Gasteiger partial charge on any atom is 0.261 e. The third kappa shape index (κ3) is 2.77. The Balaban J connectivity index is 1.89. The molecule has 0 spiro atoms. The molecule has 1 aliphatic rings. The lowest BCUT2D eigenvalue weighted by Crippen LogP contribution is -2.24. The molecule has 0 unspecified atom stereocenters. The first kappa shape index (κ1) is 17.0. The topological polar surface area (TPSA) is 60.7 Å². The minimum absolute atomic E-state index is 0.00805. The average molecular weight is 386 g/mol. The highest BCUT2D eigenvalue weighted by molar-refractivity contribution is 7.13. The molecular weight excluding hydrogens is 368 g/mol. The standard InChI is InChI=1S/C22H18N4OS/c1-14-13-28-21(25-14)18-10-17(16-4-2-7-23-11-16)20-19-12-24-8-6-15(19)5-3-9-26(20)22(18)27/h2,4,6-8,10-13H,3,5,9H2,1H3. The van der Waals surface area contributed by atoms with E-state index in [4.69, 9.17) is 0 Å². The fraction of sp³-hybridized carbons (Fsp3) is 0.182. The Bertz CT molecular complexity index is 1230. The average Bonchev–Trinajstić information content (AvgIpc) is 3.06. The SMILES string of the molecule is Cc1csc(-c2cc(-c3cccnc3)c3n(c2=O)CCCc2ccncc2-3)n1. The van der Waals surface area contributed by atoms with Gasteiger partial charge in [-0.3, -0.25) is 14.8 Å². The second-order valence-corrected chi connectivity index (χ2v) is 7.81. The van der Waals surface area contributed by atoms with Gasteiger partial charge in [-0.1, -0.05) is 6.07 Å². The number of aromatic nitrogens is 4. The minimum Gasteiger partial charge on any atom is -0.307 e. The zero-order valence-electron chi connectivity index (χ0n) is 15.4. The third-order valence-corrected chi connectivity index (χ3v) is 6.10. The first-order valence-electron chi connectivity index (χ1n) is 9.26. The van der Waals surface area contributed by atoms with Crippen LogP contribution in [0.4, 0.5) is 0 Å². The maximum atomic E-state index is 13.5. The molecule has 0 radical (unpaired) electrons. The number of hydrogen-bond donors (Lipinski definition) is 0. The molecular formula is C22H18N4OS. The summed E-state index contributed by atoms with van der Waals surface area (Å²) >= 11 is 1.51. The molecule has 0 fully saturated rings. The van der Waals surface area contributed by atoms with Gasteiger partial charge in [0, 0.05) is 59.1 Å². The summed E-state index contributed by atoms with van der Waals surface area (Å²) in [5.41, 5.74) is 6.74. The smallest absolute Gasteiger partial charge is 0.261 e. The molecule has 1 aliphatic heterocycles. The van der Waals surface area contributed by atoms with Gasteiger partial charge in [0.2, 0.25) is 0 Å². The molecule has 0 amide bonds. The van der Waals surface area contributed by atoms with Crippen molar-refractivity contribution in [2.75, 3.05) is 0 Å². The molecule has 4 aromatic heterocycles. The van der Waals surface area contributed by atoms with E-state index >= 15 is 0 Å². The molecule has 138 valence electrons. The maximum absolute atomic E-state index is 13.5. The van der Waals surface area contributed by atoms with Gasteiger partial charge in [-0.05, 0) is 43.5 Å². The van der Waals surface area contributed by atoms with Crippen LogP contribution in [0, 0.1) is 6.92 Å². The van der Waals surface area contributed by atoms with Crippen molar-refractivity contribution >= 4 is 11.3 Å². The molecule has 0 aliphatic carbocycles. The molecule has 5 heterocycles. The number of fused-ring (bicyclic) bond motifs is 3. The number of nitrogens with zero attached hydrogens (tertiary/aromatic N) is 4. The van der Waals surface area contributed by atoms with E-state index in [2.05, 4.69) is 21.0 Å². The van der Waals surface area contributed by atoms with Gasteiger partial charge in [0.05, 0.1) is 11.3 Å². The molecule has 6 heteroatoms. The molecule has 28 heavy (non-hydrogen) atoms. The lowest BCUT2D eigenvalue weighted by molar-refractivity contribution is 0.642. The lowest BCUT2D eigenvalue weighted by atomic mass is 9.96. The van der Waals surface area contributed by atoms with E-state index in [1.165, 1.54) is 16.9 Å². The Morgan fingerprint density at radius 1 is 1.07 bits per heavy atom. The number of pyridine rings is 3. The van der Waals surface area contributed by atoms with E-state index in [1.54, 1.807) is 6.20 Å². The summed E-state index contributed by atoms with van der Waals surface area (Å²) in [7, 11) is 0. The highest BCUT2D eigenvalue weighted by Gasteiger charge is 2.23. The van der Waals surface area contributed by atoms with Gasteiger partial charge < -0.3 is 4.57 Å². The van der Waals surface area contributed by atoms with Crippen molar-refractivity contribution in [1.82, 2.24) is 19.5 Å². The third-order valence-electron chi connectivity index (χ3n) is 5.11. The van der Waals surface area contributed by atoms with E-state index in [-0.39, 0.29) is 5.56 Å². The highest BCUT2D eigenvalue weighted by atomic mass is 32.1. The Labute approximate surface area is 166 Å². The van der Waals surface area contributed by atoms with Crippen LogP contribution in [0.15, 0.2) is 59.2 Å². The fourth-order valence-corrected chi connectivity index (χ4v) is 4.63.